The average Bonchev–Trinajstić information content (AvgIpc) is 3.00. The molecule has 0 radical (unpaired) electrons. The third kappa shape index (κ3) is 3.97. The normalized spacial score (nSPS) is 16.2. The van der Waals surface area contributed by atoms with Crippen LogP contribution in [0.15, 0.2) is 28.2 Å². The molecule has 0 spiro atoms. The van der Waals surface area contributed by atoms with Gasteiger partial charge in [0.05, 0.1) is 11.1 Å². The van der Waals surface area contributed by atoms with E-state index in [-0.39, 0.29) is 17.2 Å². The summed E-state index contributed by atoms with van der Waals surface area (Å²) in [6.45, 7) is 4.13. The predicted molar refractivity (Wildman–Crippen MR) is 117 cm³/mol. The fraction of sp³-hybridized carbons (Fsp3) is 0.350. The van der Waals surface area contributed by atoms with Gasteiger partial charge in [0.15, 0.2) is 5.16 Å². The number of hydrogen-bond donors (Lipinski definition) is 2. The van der Waals surface area contributed by atoms with Crippen LogP contribution in [0, 0.1) is 12.8 Å². The van der Waals surface area contributed by atoms with Gasteiger partial charge in [-0.15, -0.1) is 11.3 Å². The molecular formula is C20H20ClN3O2S2. The number of fused-ring (bicyclic) bond motifs is 3. The summed E-state index contributed by atoms with van der Waals surface area (Å²) in [5, 5.41) is 4.71. The van der Waals surface area contributed by atoms with E-state index in [4.69, 9.17) is 11.6 Å². The number of hydrogen-bond acceptors (Lipinski definition) is 5. The van der Waals surface area contributed by atoms with Gasteiger partial charge < -0.3 is 10.3 Å². The molecular weight excluding hydrogens is 414 g/mol. The molecule has 2 N–H and O–H groups in total. The van der Waals surface area contributed by atoms with Crippen LogP contribution < -0.4 is 10.9 Å². The second-order valence-corrected chi connectivity index (χ2v) is 9.68. The fourth-order valence-electron chi connectivity index (χ4n) is 3.48. The van der Waals surface area contributed by atoms with Crippen molar-refractivity contribution in [3.05, 3.63) is 49.6 Å². The summed E-state index contributed by atoms with van der Waals surface area (Å²) in [6, 6.07) is 5.32. The van der Waals surface area contributed by atoms with E-state index >= 15 is 0 Å². The second kappa shape index (κ2) is 7.89. The van der Waals surface area contributed by atoms with Crippen molar-refractivity contribution in [1.82, 2.24) is 9.97 Å². The van der Waals surface area contributed by atoms with Gasteiger partial charge in [0.1, 0.15) is 4.83 Å². The first-order valence-electron chi connectivity index (χ1n) is 9.14. The molecule has 146 valence electrons. The highest BCUT2D eigenvalue weighted by molar-refractivity contribution is 7.99. The molecule has 1 atom stereocenters. The van der Waals surface area contributed by atoms with E-state index in [9.17, 15) is 9.59 Å². The van der Waals surface area contributed by atoms with E-state index in [0.717, 1.165) is 40.7 Å². The van der Waals surface area contributed by atoms with Gasteiger partial charge in [0.2, 0.25) is 5.91 Å². The number of aromatic nitrogens is 2. The largest absolute Gasteiger partial charge is 0.325 e. The maximum Gasteiger partial charge on any atom is 0.260 e. The number of halogens is 1. The smallest absolute Gasteiger partial charge is 0.260 e. The monoisotopic (exact) mass is 433 g/mol. The molecule has 4 rings (SSSR count). The number of carbonyl (C=O) groups excluding carboxylic acids is 1. The maximum atomic E-state index is 12.6. The molecule has 0 bridgehead atoms. The molecule has 8 heteroatoms. The van der Waals surface area contributed by atoms with E-state index in [1.807, 2.05) is 6.92 Å². The molecule has 1 amide bonds. The number of H-pyrrole nitrogens is 1. The van der Waals surface area contributed by atoms with E-state index in [2.05, 4.69) is 22.2 Å². The first-order chi connectivity index (χ1) is 13.4. The number of thiophene rings is 1. The summed E-state index contributed by atoms with van der Waals surface area (Å²) in [4.78, 5) is 34.4. The molecule has 28 heavy (non-hydrogen) atoms. The lowest BCUT2D eigenvalue weighted by Gasteiger charge is -2.17. The number of aryl methyl sites for hydroxylation is 2. The Hall–Kier alpha value is -1.83. The molecule has 3 aromatic rings. The van der Waals surface area contributed by atoms with Gasteiger partial charge in [-0.1, -0.05) is 30.3 Å². The fourth-order valence-corrected chi connectivity index (χ4v) is 5.81. The van der Waals surface area contributed by atoms with Crippen molar-refractivity contribution in [2.75, 3.05) is 11.1 Å². The minimum absolute atomic E-state index is 0.103. The molecule has 0 saturated carbocycles. The standard InChI is InChI=1S/C20H20ClN3O2S2/c1-10-3-5-13-15(7-10)28-19-17(13)18(26)23-20(24-19)27-9-16(25)22-14-6-4-12(21)8-11(14)2/h4,6,8,10H,3,5,7,9H2,1-2H3,(H,22,25)(H,23,24,26). The van der Waals surface area contributed by atoms with Crippen molar-refractivity contribution in [3.63, 3.8) is 0 Å². The number of aromatic amines is 1. The number of nitrogens with zero attached hydrogens (tertiary/aromatic N) is 1. The van der Waals surface area contributed by atoms with Crippen LogP contribution in [0.5, 0.6) is 0 Å². The number of carbonyl (C=O) groups is 1. The van der Waals surface area contributed by atoms with Crippen LogP contribution in [0.3, 0.4) is 0 Å². The SMILES string of the molecule is Cc1cc(Cl)ccc1NC(=O)CSc1nc2sc3c(c2c(=O)[nH]1)CCC(C)C3. The van der Waals surface area contributed by atoms with Gasteiger partial charge in [-0.25, -0.2) is 4.98 Å². The minimum Gasteiger partial charge on any atom is -0.325 e. The number of amides is 1. The lowest BCUT2D eigenvalue weighted by Crippen LogP contribution is -2.16. The van der Waals surface area contributed by atoms with Crippen LogP contribution in [0.1, 0.15) is 29.3 Å². The van der Waals surface area contributed by atoms with Crippen LogP contribution in [-0.2, 0) is 17.6 Å². The third-order valence-corrected chi connectivity index (χ3v) is 7.20. The van der Waals surface area contributed by atoms with Crippen molar-refractivity contribution < 1.29 is 4.79 Å². The molecule has 1 aromatic carbocycles. The second-order valence-electron chi connectivity index (χ2n) is 7.20. The molecule has 0 saturated heterocycles. The maximum absolute atomic E-state index is 12.6. The van der Waals surface area contributed by atoms with E-state index in [0.29, 0.717) is 16.1 Å². The Morgan fingerprint density at radius 3 is 3.07 bits per heavy atom. The Balaban J connectivity index is 1.49. The van der Waals surface area contributed by atoms with Crippen molar-refractivity contribution in [2.24, 2.45) is 5.92 Å². The van der Waals surface area contributed by atoms with E-state index in [1.165, 1.54) is 22.2 Å². The Kier molecular flexibility index (Phi) is 5.49. The van der Waals surface area contributed by atoms with Gasteiger partial charge >= 0.3 is 0 Å². The molecule has 5 nitrogen and oxygen atoms in total. The van der Waals surface area contributed by atoms with Gasteiger partial charge in [0, 0.05) is 15.6 Å². The van der Waals surface area contributed by atoms with Gasteiger partial charge in [-0.3, -0.25) is 9.59 Å². The van der Waals surface area contributed by atoms with Crippen LogP contribution >= 0.6 is 34.7 Å². The van der Waals surface area contributed by atoms with Gasteiger partial charge in [-0.2, -0.15) is 0 Å². The summed E-state index contributed by atoms with van der Waals surface area (Å²) in [5.74, 6) is 0.657. The zero-order valence-corrected chi connectivity index (χ0v) is 18.0. The van der Waals surface area contributed by atoms with Crippen LogP contribution in [0.4, 0.5) is 5.69 Å². The average molecular weight is 434 g/mol. The quantitative estimate of drug-likeness (QED) is 0.457. The number of anilines is 1. The van der Waals surface area contributed by atoms with Crippen LogP contribution in [0.2, 0.25) is 5.02 Å². The topological polar surface area (TPSA) is 74.8 Å². The number of nitrogens with one attached hydrogen (secondary N) is 2. The van der Waals surface area contributed by atoms with Crippen molar-refractivity contribution in [1.29, 1.82) is 0 Å². The Morgan fingerprint density at radius 1 is 1.46 bits per heavy atom. The molecule has 1 aliphatic rings. The molecule has 1 unspecified atom stereocenters. The summed E-state index contributed by atoms with van der Waals surface area (Å²) in [6.07, 6.45) is 3.07. The van der Waals surface area contributed by atoms with Crippen LogP contribution in [0.25, 0.3) is 10.2 Å². The lowest BCUT2D eigenvalue weighted by atomic mass is 9.89. The lowest BCUT2D eigenvalue weighted by molar-refractivity contribution is -0.113. The van der Waals surface area contributed by atoms with Crippen molar-refractivity contribution in [3.8, 4) is 0 Å². The summed E-state index contributed by atoms with van der Waals surface area (Å²) < 4.78 is 0. The number of benzene rings is 1. The zero-order chi connectivity index (χ0) is 19.8. The molecule has 2 heterocycles. The molecule has 1 aliphatic carbocycles. The number of thioether (sulfide) groups is 1. The van der Waals surface area contributed by atoms with Gasteiger partial charge in [0.25, 0.3) is 5.56 Å². The Labute approximate surface area is 175 Å². The highest BCUT2D eigenvalue weighted by Crippen LogP contribution is 2.36. The highest BCUT2D eigenvalue weighted by Gasteiger charge is 2.23. The third-order valence-electron chi connectivity index (χ3n) is 4.95. The van der Waals surface area contributed by atoms with Crippen LogP contribution in [-0.4, -0.2) is 21.6 Å². The first-order valence-corrected chi connectivity index (χ1v) is 11.3. The number of rotatable bonds is 4. The Bertz CT molecular complexity index is 1120. The van der Waals surface area contributed by atoms with E-state index in [1.54, 1.807) is 29.5 Å². The minimum atomic E-state index is -0.155. The summed E-state index contributed by atoms with van der Waals surface area (Å²) in [7, 11) is 0. The zero-order valence-electron chi connectivity index (χ0n) is 15.6. The Morgan fingerprint density at radius 2 is 2.29 bits per heavy atom. The summed E-state index contributed by atoms with van der Waals surface area (Å²) >= 11 is 8.79. The van der Waals surface area contributed by atoms with E-state index < -0.39 is 0 Å². The predicted octanol–water partition coefficient (Wildman–Crippen LogP) is 4.80. The molecule has 2 aromatic heterocycles. The molecule has 0 fully saturated rings. The van der Waals surface area contributed by atoms with Crippen molar-refractivity contribution >= 4 is 56.5 Å². The van der Waals surface area contributed by atoms with Gasteiger partial charge in [-0.05, 0) is 61.4 Å². The first kappa shape index (κ1) is 19.5. The highest BCUT2D eigenvalue weighted by atomic mass is 35.5. The summed E-state index contributed by atoms with van der Waals surface area (Å²) in [5.41, 5.74) is 2.69. The molecule has 0 aliphatic heterocycles. The van der Waals surface area contributed by atoms with Crippen molar-refractivity contribution in [2.45, 2.75) is 38.3 Å².